The molecule has 0 saturated carbocycles. The number of benzene rings is 1. The van der Waals surface area contributed by atoms with Gasteiger partial charge in [-0.15, -0.1) is 0 Å². The monoisotopic (exact) mass is 421 g/mol. The van der Waals surface area contributed by atoms with Crippen molar-refractivity contribution < 1.29 is 30.7 Å². The van der Waals surface area contributed by atoms with Crippen LogP contribution in [0.15, 0.2) is 15.9 Å². The fourth-order valence-electron chi connectivity index (χ4n) is 1.31. The standard InChI is InChI=1S/C7H5IN2O7S2/c1-17-4-2-3(8)6(18(11,12)13)7(5(4)10-9)19(14,15)16/h2H,1H3,(H-,11,12,13,14,15,16)/p+1. The second-order valence-electron chi connectivity index (χ2n) is 3.12. The molecule has 0 aliphatic heterocycles. The highest BCUT2D eigenvalue weighted by molar-refractivity contribution is 14.1. The Morgan fingerprint density at radius 2 is 1.68 bits per heavy atom. The van der Waals surface area contributed by atoms with Crippen LogP contribution in [0.25, 0.3) is 4.98 Å². The molecule has 0 aliphatic carbocycles. The van der Waals surface area contributed by atoms with Gasteiger partial charge in [-0.3, -0.25) is 9.11 Å². The third kappa shape index (κ3) is 3.12. The van der Waals surface area contributed by atoms with Gasteiger partial charge in [0.2, 0.25) is 16.0 Å². The van der Waals surface area contributed by atoms with Crippen LogP contribution in [0.3, 0.4) is 0 Å². The van der Waals surface area contributed by atoms with Crippen molar-refractivity contribution in [2.24, 2.45) is 0 Å². The molecular weight excluding hydrogens is 415 g/mol. The largest absolute Gasteiger partial charge is 0.489 e. The smallest absolute Gasteiger partial charge is 0.448 e. The van der Waals surface area contributed by atoms with Crippen molar-refractivity contribution >= 4 is 48.5 Å². The van der Waals surface area contributed by atoms with Crippen molar-refractivity contribution in [2.45, 2.75) is 9.79 Å². The highest BCUT2D eigenvalue weighted by atomic mass is 127. The topological polar surface area (TPSA) is 146 Å². The van der Waals surface area contributed by atoms with Crippen molar-refractivity contribution in [3.05, 3.63) is 14.6 Å². The van der Waals surface area contributed by atoms with E-state index in [-0.39, 0.29) is 9.32 Å². The molecule has 104 valence electrons. The molecule has 19 heavy (non-hydrogen) atoms. The molecule has 0 radical (unpaired) electrons. The van der Waals surface area contributed by atoms with Crippen LogP contribution in [-0.4, -0.2) is 33.1 Å². The Bertz CT molecular complexity index is 779. The van der Waals surface area contributed by atoms with Gasteiger partial charge in [-0.25, -0.2) is 0 Å². The molecule has 0 bridgehead atoms. The third-order valence-corrected chi connectivity index (χ3v) is 5.16. The predicted molar refractivity (Wildman–Crippen MR) is 70.1 cm³/mol. The molecule has 2 N–H and O–H groups in total. The lowest BCUT2D eigenvalue weighted by atomic mass is 10.3. The van der Waals surface area contributed by atoms with Crippen molar-refractivity contribution in [3.8, 4) is 5.75 Å². The number of methoxy groups -OCH3 is 1. The molecule has 1 aromatic carbocycles. The van der Waals surface area contributed by atoms with Crippen LogP contribution in [-0.2, 0) is 20.2 Å². The van der Waals surface area contributed by atoms with E-state index in [1.165, 1.54) is 22.6 Å². The summed E-state index contributed by atoms with van der Waals surface area (Å²) in [7, 11) is -8.96. The molecule has 0 aliphatic rings. The van der Waals surface area contributed by atoms with Crippen LogP contribution >= 0.6 is 22.6 Å². The SMILES string of the molecule is COc1cc(I)c(S(=O)(=O)O)c(S(=O)(=O)O)c1[N+]#N. The molecule has 0 amide bonds. The normalized spacial score (nSPS) is 11.9. The molecule has 1 aromatic rings. The van der Waals surface area contributed by atoms with E-state index in [0.717, 1.165) is 13.2 Å². The lowest BCUT2D eigenvalue weighted by molar-refractivity contribution is 0.413. The quantitative estimate of drug-likeness (QED) is 0.422. The molecule has 0 saturated heterocycles. The van der Waals surface area contributed by atoms with Gasteiger partial charge in [0.25, 0.3) is 10.1 Å². The summed E-state index contributed by atoms with van der Waals surface area (Å²) in [6.07, 6.45) is 0. The highest BCUT2D eigenvalue weighted by Gasteiger charge is 2.39. The minimum atomic E-state index is -5.09. The zero-order valence-corrected chi connectivity index (χ0v) is 12.9. The average Bonchev–Trinajstić information content (AvgIpc) is 2.24. The van der Waals surface area contributed by atoms with Gasteiger partial charge in [-0.2, -0.15) is 16.8 Å². The van der Waals surface area contributed by atoms with E-state index in [4.69, 9.17) is 19.2 Å². The maximum atomic E-state index is 11.3. The van der Waals surface area contributed by atoms with Crippen LogP contribution in [0.5, 0.6) is 5.75 Å². The van der Waals surface area contributed by atoms with Crippen LogP contribution in [0.1, 0.15) is 0 Å². The van der Waals surface area contributed by atoms with Crippen LogP contribution in [0, 0.1) is 8.96 Å². The molecule has 0 fully saturated rings. The van der Waals surface area contributed by atoms with Gasteiger partial charge >= 0.3 is 15.8 Å². The van der Waals surface area contributed by atoms with Gasteiger partial charge < -0.3 is 4.74 Å². The van der Waals surface area contributed by atoms with E-state index in [2.05, 4.69) is 4.98 Å². The first-order chi connectivity index (χ1) is 8.54. The molecule has 0 atom stereocenters. The molecule has 0 unspecified atom stereocenters. The van der Waals surface area contributed by atoms with Crippen LogP contribution < -0.4 is 4.74 Å². The Labute approximate surface area is 121 Å². The first-order valence-electron chi connectivity index (χ1n) is 4.24. The fourth-order valence-corrected chi connectivity index (χ4v) is 4.88. The van der Waals surface area contributed by atoms with Gasteiger partial charge in [0.15, 0.2) is 4.98 Å². The summed E-state index contributed by atoms with van der Waals surface area (Å²) in [6.45, 7) is 0. The van der Waals surface area contributed by atoms with Gasteiger partial charge in [-0.05, 0) is 22.6 Å². The Morgan fingerprint density at radius 3 is 2.00 bits per heavy atom. The Hall–Kier alpha value is -1.01. The summed E-state index contributed by atoms with van der Waals surface area (Å²) in [5, 5.41) is 8.77. The Morgan fingerprint density at radius 1 is 1.21 bits per heavy atom. The Kier molecular flexibility index (Phi) is 4.37. The zero-order chi connectivity index (χ0) is 15.0. The van der Waals surface area contributed by atoms with Crippen molar-refractivity contribution in [3.63, 3.8) is 0 Å². The van der Waals surface area contributed by atoms with E-state index in [1.54, 1.807) is 0 Å². The van der Waals surface area contributed by atoms with E-state index in [1.807, 2.05) is 0 Å². The highest BCUT2D eigenvalue weighted by Crippen LogP contribution is 2.41. The van der Waals surface area contributed by atoms with Crippen LogP contribution in [0.2, 0.25) is 0 Å². The van der Waals surface area contributed by atoms with E-state index < -0.39 is 35.7 Å². The first-order valence-corrected chi connectivity index (χ1v) is 8.20. The minimum Gasteiger partial charge on any atom is -0.489 e. The zero-order valence-electron chi connectivity index (χ0n) is 9.10. The number of hydrogen-bond donors (Lipinski definition) is 2. The number of halogens is 1. The summed E-state index contributed by atoms with van der Waals surface area (Å²) in [4.78, 5) is 0.224. The lowest BCUT2D eigenvalue weighted by Gasteiger charge is -2.07. The third-order valence-electron chi connectivity index (χ3n) is 1.97. The number of nitrogens with zero attached hydrogens (tertiary/aromatic N) is 2. The maximum Gasteiger partial charge on any atom is 0.448 e. The number of hydrogen-bond acceptors (Lipinski definition) is 6. The minimum absolute atomic E-state index is 0.239. The summed E-state index contributed by atoms with van der Waals surface area (Å²) < 4.78 is 67.5. The van der Waals surface area contributed by atoms with Crippen molar-refractivity contribution in [2.75, 3.05) is 7.11 Å². The summed E-state index contributed by atoms with van der Waals surface area (Å²) in [5.74, 6) is -0.299. The summed E-state index contributed by atoms with van der Waals surface area (Å²) >= 11 is 1.42. The predicted octanol–water partition coefficient (Wildman–Crippen LogP) is 1.28. The molecule has 9 nitrogen and oxygen atoms in total. The maximum absolute atomic E-state index is 11.3. The molecule has 1 rings (SSSR count). The average molecular weight is 421 g/mol. The first kappa shape index (κ1) is 16.0. The van der Waals surface area contributed by atoms with Gasteiger partial charge in [0.1, 0.15) is 4.90 Å². The second kappa shape index (κ2) is 5.17. The van der Waals surface area contributed by atoms with E-state index in [9.17, 15) is 16.8 Å². The van der Waals surface area contributed by atoms with Gasteiger partial charge in [0, 0.05) is 9.64 Å². The van der Waals surface area contributed by atoms with Crippen molar-refractivity contribution in [1.82, 2.24) is 0 Å². The molecule has 0 aromatic heterocycles. The lowest BCUT2D eigenvalue weighted by Crippen LogP contribution is -2.11. The van der Waals surface area contributed by atoms with E-state index >= 15 is 0 Å². The van der Waals surface area contributed by atoms with E-state index in [0.29, 0.717) is 0 Å². The van der Waals surface area contributed by atoms with Gasteiger partial charge in [-0.1, -0.05) is 0 Å². The fraction of sp³-hybridized carbons (Fsp3) is 0.143. The number of ether oxygens (including phenoxy) is 1. The summed E-state index contributed by atoms with van der Waals surface area (Å²) in [6, 6.07) is 1.02. The molecule has 12 heteroatoms. The van der Waals surface area contributed by atoms with Crippen molar-refractivity contribution in [1.29, 1.82) is 5.39 Å². The summed E-state index contributed by atoms with van der Waals surface area (Å²) in [5.41, 5.74) is -0.835. The number of diazo groups is 1. The van der Waals surface area contributed by atoms with Crippen LogP contribution in [0.4, 0.5) is 5.69 Å². The molecule has 0 spiro atoms. The Balaban J connectivity index is 4.14. The number of rotatable bonds is 3. The molecular formula is C7H6IN2O7S2+. The molecule has 0 heterocycles. The second-order valence-corrected chi connectivity index (χ2v) is 7.00. The van der Waals surface area contributed by atoms with Gasteiger partial charge in [0.05, 0.1) is 7.11 Å².